The molecule has 1 aromatic heterocycles. The van der Waals surface area contributed by atoms with Crippen molar-refractivity contribution in [3.8, 4) is 0 Å². The second kappa shape index (κ2) is 7.63. The van der Waals surface area contributed by atoms with Gasteiger partial charge in [-0.2, -0.15) is 17.0 Å². The van der Waals surface area contributed by atoms with Gasteiger partial charge >= 0.3 is 0 Å². The largest absolute Gasteiger partial charge is 0.380 e. The van der Waals surface area contributed by atoms with Gasteiger partial charge in [0.25, 0.3) is 10.2 Å². The van der Waals surface area contributed by atoms with E-state index in [1.807, 2.05) is 6.07 Å². The van der Waals surface area contributed by atoms with Crippen molar-refractivity contribution in [1.29, 1.82) is 0 Å². The highest BCUT2D eigenvalue weighted by Gasteiger charge is 2.33. The summed E-state index contributed by atoms with van der Waals surface area (Å²) in [5.74, 6) is 0.0863. The molecule has 2 aliphatic rings. The predicted molar refractivity (Wildman–Crippen MR) is 82.9 cm³/mol. The third-order valence-corrected chi connectivity index (χ3v) is 6.07. The van der Waals surface area contributed by atoms with E-state index in [0.717, 1.165) is 5.69 Å². The summed E-state index contributed by atoms with van der Waals surface area (Å²) in [6.07, 6.45) is 3.88. The lowest BCUT2D eigenvalue weighted by atomic mass is 10.0. The zero-order valence-corrected chi connectivity index (χ0v) is 13.8. The molecule has 1 atom stereocenters. The molecule has 2 fully saturated rings. The summed E-state index contributed by atoms with van der Waals surface area (Å²) in [5, 5.41) is 0. The van der Waals surface area contributed by atoms with E-state index in [2.05, 4.69) is 9.97 Å². The molecule has 0 radical (unpaired) electrons. The van der Waals surface area contributed by atoms with Crippen LogP contribution in [-0.2, 0) is 26.1 Å². The quantitative estimate of drug-likeness (QED) is 0.736. The van der Waals surface area contributed by atoms with Gasteiger partial charge < -0.3 is 9.47 Å². The number of rotatable bonds is 4. The van der Waals surface area contributed by atoms with Gasteiger partial charge in [0.05, 0.1) is 26.4 Å². The van der Waals surface area contributed by atoms with E-state index >= 15 is 0 Å². The van der Waals surface area contributed by atoms with Crippen LogP contribution in [0.1, 0.15) is 5.69 Å². The van der Waals surface area contributed by atoms with Crippen molar-refractivity contribution in [2.45, 2.75) is 6.42 Å². The highest BCUT2D eigenvalue weighted by molar-refractivity contribution is 7.86. The van der Waals surface area contributed by atoms with Gasteiger partial charge in [0.2, 0.25) is 0 Å². The average Bonchev–Trinajstić information content (AvgIpc) is 2.83. The lowest BCUT2D eigenvalue weighted by molar-refractivity contribution is 0.0699. The van der Waals surface area contributed by atoms with E-state index in [4.69, 9.17) is 9.47 Å². The molecule has 0 N–H and O–H groups in total. The molecular formula is C14H22N4O4S. The van der Waals surface area contributed by atoms with Gasteiger partial charge in [-0.05, 0) is 12.5 Å². The molecule has 3 rings (SSSR count). The summed E-state index contributed by atoms with van der Waals surface area (Å²) >= 11 is 0. The van der Waals surface area contributed by atoms with Gasteiger partial charge in [-0.25, -0.2) is 9.97 Å². The molecule has 0 bridgehead atoms. The van der Waals surface area contributed by atoms with E-state index in [1.165, 1.54) is 14.9 Å². The minimum atomic E-state index is -3.46. The normalized spacial score (nSPS) is 25.1. The summed E-state index contributed by atoms with van der Waals surface area (Å²) in [7, 11) is -3.46. The molecular weight excluding hydrogens is 320 g/mol. The predicted octanol–water partition coefficient (Wildman–Crippen LogP) is -0.455. The van der Waals surface area contributed by atoms with Crippen LogP contribution in [0.15, 0.2) is 18.6 Å². The van der Waals surface area contributed by atoms with Gasteiger partial charge in [0.1, 0.15) is 6.33 Å². The van der Waals surface area contributed by atoms with Crippen molar-refractivity contribution < 1.29 is 17.9 Å². The first-order valence-electron chi connectivity index (χ1n) is 7.82. The first-order chi connectivity index (χ1) is 11.2. The van der Waals surface area contributed by atoms with Gasteiger partial charge in [0, 0.05) is 44.0 Å². The molecule has 0 amide bonds. The van der Waals surface area contributed by atoms with E-state index in [-0.39, 0.29) is 5.92 Å². The van der Waals surface area contributed by atoms with Crippen molar-refractivity contribution in [1.82, 2.24) is 18.6 Å². The Morgan fingerprint density at radius 3 is 2.61 bits per heavy atom. The molecule has 3 heterocycles. The van der Waals surface area contributed by atoms with Crippen LogP contribution >= 0.6 is 0 Å². The van der Waals surface area contributed by atoms with Crippen LogP contribution in [0, 0.1) is 5.92 Å². The fourth-order valence-corrected chi connectivity index (χ4v) is 4.50. The Hall–Kier alpha value is -1.13. The second-order valence-corrected chi connectivity index (χ2v) is 7.65. The zero-order valence-electron chi connectivity index (χ0n) is 13.0. The first-order valence-corrected chi connectivity index (χ1v) is 9.21. The summed E-state index contributed by atoms with van der Waals surface area (Å²) in [5.41, 5.74) is 0.902. The number of ether oxygens (including phenoxy) is 2. The maximum atomic E-state index is 12.8. The van der Waals surface area contributed by atoms with Crippen LogP contribution in [0.3, 0.4) is 0 Å². The summed E-state index contributed by atoms with van der Waals surface area (Å²) in [4.78, 5) is 8.12. The molecule has 2 aliphatic heterocycles. The Morgan fingerprint density at radius 2 is 1.87 bits per heavy atom. The van der Waals surface area contributed by atoms with Crippen LogP contribution in [0.4, 0.5) is 0 Å². The highest BCUT2D eigenvalue weighted by Crippen LogP contribution is 2.18. The van der Waals surface area contributed by atoms with E-state index in [1.54, 1.807) is 6.20 Å². The van der Waals surface area contributed by atoms with Crippen LogP contribution in [-0.4, -0.2) is 79.6 Å². The van der Waals surface area contributed by atoms with Crippen molar-refractivity contribution in [3.63, 3.8) is 0 Å². The van der Waals surface area contributed by atoms with Gasteiger partial charge in [-0.15, -0.1) is 0 Å². The third-order valence-electron chi connectivity index (χ3n) is 4.06. The summed E-state index contributed by atoms with van der Waals surface area (Å²) in [6.45, 7) is 3.53. The smallest absolute Gasteiger partial charge is 0.282 e. The maximum absolute atomic E-state index is 12.8. The van der Waals surface area contributed by atoms with Crippen LogP contribution in [0.5, 0.6) is 0 Å². The van der Waals surface area contributed by atoms with Gasteiger partial charge in [-0.3, -0.25) is 0 Å². The number of nitrogens with zero attached hydrogens (tertiary/aromatic N) is 4. The SMILES string of the molecule is O=S(=O)(N1CCOCC1)N1CCOCC(Cc2ccncn2)C1. The van der Waals surface area contributed by atoms with Crippen LogP contribution < -0.4 is 0 Å². The number of morpholine rings is 1. The van der Waals surface area contributed by atoms with Crippen molar-refractivity contribution in [2.75, 3.05) is 52.6 Å². The summed E-state index contributed by atoms with van der Waals surface area (Å²) < 4.78 is 39.5. The Balaban J connectivity index is 1.69. The lowest BCUT2D eigenvalue weighted by Crippen LogP contribution is -2.50. The topological polar surface area (TPSA) is 84.9 Å². The first kappa shape index (κ1) is 16.7. The fraction of sp³-hybridized carbons (Fsp3) is 0.714. The number of hydrogen-bond acceptors (Lipinski definition) is 6. The molecule has 0 spiro atoms. The van der Waals surface area contributed by atoms with Gasteiger partial charge in [0.15, 0.2) is 0 Å². The molecule has 0 saturated carbocycles. The number of aromatic nitrogens is 2. The minimum Gasteiger partial charge on any atom is -0.380 e. The Labute approximate surface area is 136 Å². The molecule has 8 nitrogen and oxygen atoms in total. The standard InChI is InChI=1S/C14H22N4O4S/c19-23(20,17-3-6-21-7-4-17)18-5-8-22-11-13(10-18)9-14-1-2-15-12-16-14/h1-2,12-13H,3-11H2. The Morgan fingerprint density at radius 1 is 1.13 bits per heavy atom. The molecule has 0 aliphatic carbocycles. The molecule has 9 heteroatoms. The average molecular weight is 342 g/mol. The third kappa shape index (κ3) is 4.24. The van der Waals surface area contributed by atoms with Gasteiger partial charge in [-0.1, -0.05) is 0 Å². The van der Waals surface area contributed by atoms with Crippen LogP contribution in [0.25, 0.3) is 0 Å². The number of hydrogen-bond donors (Lipinski definition) is 0. The molecule has 23 heavy (non-hydrogen) atoms. The Bertz CT molecular complexity index is 592. The molecule has 2 saturated heterocycles. The van der Waals surface area contributed by atoms with Crippen molar-refractivity contribution in [3.05, 3.63) is 24.3 Å². The van der Waals surface area contributed by atoms with Crippen molar-refractivity contribution in [2.24, 2.45) is 5.92 Å². The van der Waals surface area contributed by atoms with E-state index in [0.29, 0.717) is 59.0 Å². The fourth-order valence-electron chi connectivity index (χ4n) is 2.86. The molecule has 1 aromatic rings. The lowest BCUT2D eigenvalue weighted by Gasteiger charge is -2.32. The molecule has 1 unspecified atom stereocenters. The van der Waals surface area contributed by atoms with Crippen LogP contribution in [0.2, 0.25) is 0 Å². The zero-order chi connectivity index (χ0) is 16.1. The molecule has 0 aromatic carbocycles. The highest BCUT2D eigenvalue weighted by atomic mass is 32.2. The van der Waals surface area contributed by atoms with Crippen molar-refractivity contribution >= 4 is 10.2 Å². The molecule has 128 valence electrons. The monoisotopic (exact) mass is 342 g/mol. The van der Waals surface area contributed by atoms with E-state index < -0.39 is 10.2 Å². The summed E-state index contributed by atoms with van der Waals surface area (Å²) in [6, 6.07) is 1.85. The minimum absolute atomic E-state index is 0.0863. The second-order valence-electron chi connectivity index (χ2n) is 5.72. The Kier molecular flexibility index (Phi) is 5.54. The van der Waals surface area contributed by atoms with E-state index in [9.17, 15) is 8.42 Å². The maximum Gasteiger partial charge on any atom is 0.282 e.